The number of carbonyl (C=O) groups excluding carboxylic acids is 2. The Kier molecular flexibility index (Phi) is 6.26. The molecular formula is C23H27N3O2. The van der Waals surface area contributed by atoms with Crippen LogP contribution in [-0.2, 0) is 4.79 Å². The predicted molar refractivity (Wildman–Crippen MR) is 114 cm³/mol. The molecule has 0 saturated carbocycles. The summed E-state index contributed by atoms with van der Waals surface area (Å²) >= 11 is 0. The zero-order valence-corrected chi connectivity index (χ0v) is 16.7. The van der Waals surface area contributed by atoms with E-state index >= 15 is 0 Å². The second-order valence-electron chi connectivity index (χ2n) is 7.12. The number of carbonyl (C=O) groups is 2. The average Bonchev–Trinajstić information content (AvgIpc) is 3.12. The van der Waals surface area contributed by atoms with Gasteiger partial charge in [-0.2, -0.15) is 0 Å². The molecule has 1 heterocycles. The summed E-state index contributed by atoms with van der Waals surface area (Å²) < 4.78 is 0. The first-order valence-corrected chi connectivity index (χ1v) is 9.71. The van der Waals surface area contributed by atoms with Crippen molar-refractivity contribution in [3.8, 4) is 0 Å². The molecule has 3 rings (SSSR count). The molecule has 2 aromatic carbocycles. The van der Waals surface area contributed by atoms with Gasteiger partial charge in [0.15, 0.2) is 5.78 Å². The van der Waals surface area contributed by atoms with Crippen LogP contribution in [0.4, 0.5) is 5.69 Å². The van der Waals surface area contributed by atoms with Crippen molar-refractivity contribution in [1.82, 2.24) is 9.88 Å². The first-order chi connectivity index (χ1) is 13.5. The number of ketones is 1. The Bertz CT molecular complexity index is 977. The number of benzene rings is 2. The molecule has 5 heteroatoms. The quantitative estimate of drug-likeness (QED) is 0.572. The van der Waals surface area contributed by atoms with Crippen LogP contribution in [0.1, 0.15) is 36.2 Å². The van der Waals surface area contributed by atoms with Crippen molar-refractivity contribution in [2.45, 2.75) is 33.2 Å². The Balaban J connectivity index is 1.74. The molecule has 5 nitrogen and oxygen atoms in total. The Morgan fingerprint density at radius 1 is 1.11 bits per heavy atom. The molecule has 146 valence electrons. The van der Waals surface area contributed by atoms with E-state index in [1.165, 1.54) is 0 Å². The van der Waals surface area contributed by atoms with Crippen LogP contribution in [-0.4, -0.2) is 40.7 Å². The topological polar surface area (TPSA) is 65.2 Å². The number of hydrogen-bond acceptors (Lipinski definition) is 3. The van der Waals surface area contributed by atoms with Gasteiger partial charge in [-0.3, -0.25) is 14.5 Å². The van der Waals surface area contributed by atoms with Crippen LogP contribution in [0, 0.1) is 6.92 Å². The lowest BCUT2D eigenvalue weighted by molar-refractivity contribution is -0.117. The van der Waals surface area contributed by atoms with Gasteiger partial charge < -0.3 is 10.3 Å². The van der Waals surface area contributed by atoms with Crippen LogP contribution in [0.3, 0.4) is 0 Å². The fourth-order valence-corrected chi connectivity index (χ4v) is 3.45. The average molecular weight is 377 g/mol. The molecule has 0 spiro atoms. The van der Waals surface area contributed by atoms with Gasteiger partial charge in [0.1, 0.15) is 0 Å². The second-order valence-corrected chi connectivity index (χ2v) is 7.12. The summed E-state index contributed by atoms with van der Waals surface area (Å²) in [5, 5.41) is 3.88. The number of rotatable bonds is 8. The van der Waals surface area contributed by atoms with Crippen molar-refractivity contribution < 1.29 is 9.59 Å². The minimum absolute atomic E-state index is 0.0228. The first-order valence-electron chi connectivity index (χ1n) is 9.71. The number of amides is 1. The molecule has 1 unspecified atom stereocenters. The molecular weight excluding hydrogens is 350 g/mol. The number of aromatic amines is 1. The summed E-state index contributed by atoms with van der Waals surface area (Å²) in [5.74, 6) is -0.0871. The lowest BCUT2D eigenvalue weighted by Crippen LogP contribution is -2.44. The minimum Gasteiger partial charge on any atom is -0.360 e. The molecule has 0 aliphatic rings. The number of Topliss-reactive ketones (excluding diaryl/α,β-unsaturated/α-hetero) is 1. The molecule has 1 amide bonds. The highest BCUT2D eigenvalue weighted by Gasteiger charge is 2.25. The van der Waals surface area contributed by atoms with Crippen molar-refractivity contribution in [2.75, 3.05) is 18.4 Å². The number of hydrogen-bond donors (Lipinski definition) is 2. The van der Waals surface area contributed by atoms with E-state index in [2.05, 4.69) is 17.2 Å². The number of anilines is 1. The van der Waals surface area contributed by atoms with Gasteiger partial charge in [0.2, 0.25) is 5.91 Å². The maximum Gasteiger partial charge on any atom is 0.238 e. The molecule has 0 aliphatic carbocycles. The van der Waals surface area contributed by atoms with Crippen LogP contribution in [0.15, 0.2) is 54.7 Å². The van der Waals surface area contributed by atoms with E-state index in [1.807, 2.05) is 67.3 Å². The summed E-state index contributed by atoms with van der Waals surface area (Å²) in [6.45, 7) is 6.74. The zero-order chi connectivity index (χ0) is 20.1. The Hall–Kier alpha value is -2.92. The highest BCUT2D eigenvalue weighted by atomic mass is 16.2. The van der Waals surface area contributed by atoms with Crippen molar-refractivity contribution in [3.05, 3.63) is 65.9 Å². The smallest absolute Gasteiger partial charge is 0.238 e. The van der Waals surface area contributed by atoms with Gasteiger partial charge in [-0.15, -0.1) is 0 Å². The Morgan fingerprint density at radius 2 is 1.82 bits per heavy atom. The van der Waals surface area contributed by atoms with Crippen LogP contribution in [0.5, 0.6) is 0 Å². The van der Waals surface area contributed by atoms with E-state index in [4.69, 9.17) is 0 Å². The van der Waals surface area contributed by atoms with Crippen LogP contribution < -0.4 is 5.32 Å². The summed E-state index contributed by atoms with van der Waals surface area (Å²) in [5.41, 5.74) is 3.43. The van der Waals surface area contributed by atoms with Gasteiger partial charge in [0.25, 0.3) is 0 Å². The van der Waals surface area contributed by atoms with Gasteiger partial charge in [0, 0.05) is 28.4 Å². The second kappa shape index (κ2) is 8.85. The van der Waals surface area contributed by atoms with E-state index in [9.17, 15) is 9.59 Å². The third-order valence-electron chi connectivity index (χ3n) is 5.06. The van der Waals surface area contributed by atoms with Gasteiger partial charge in [-0.25, -0.2) is 0 Å². The zero-order valence-electron chi connectivity index (χ0n) is 16.7. The number of aromatic nitrogens is 1. The minimum atomic E-state index is -0.387. The van der Waals surface area contributed by atoms with Gasteiger partial charge in [-0.05, 0) is 44.5 Å². The number of para-hydroxylation sites is 2. The number of fused-ring (bicyclic) bond motifs is 1. The monoisotopic (exact) mass is 377 g/mol. The van der Waals surface area contributed by atoms with E-state index in [0.29, 0.717) is 12.1 Å². The lowest BCUT2D eigenvalue weighted by atomic mass is 10.0. The number of H-pyrrole nitrogens is 1. The first kappa shape index (κ1) is 19.8. The molecule has 2 N–H and O–H groups in total. The molecule has 1 atom stereocenters. The largest absolute Gasteiger partial charge is 0.360 e. The normalized spacial score (nSPS) is 12.3. The number of aryl methyl sites for hydroxylation is 1. The molecule has 0 bridgehead atoms. The van der Waals surface area contributed by atoms with Crippen LogP contribution >= 0.6 is 0 Å². The summed E-state index contributed by atoms with van der Waals surface area (Å²) in [6.07, 6.45) is 2.63. The fourth-order valence-electron chi connectivity index (χ4n) is 3.45. The molecule has 0 radical (unpaired) electrons. The maximum absolute atomic E-state index is 13.1. The standard InChI is InChI=1S/C23H27N3O2/c1-4-13-26(15-22(27)25-20-11-7-5-9-16(20)2)17(3)23(28)19-14-24-21-12-8-6-10-18(19)21/h5-12,14,17,24H,4,13,15H2,1-3H3,(H,25,27). The Labute approximate surface area is 165 Å². The highest BCUT2D eigenvalue weighted by Crippen LogP contribution is 2.21. The van der Waals surface area contributed by atoms with E-state index in [1.54, 1.807) is 6.20 Å². The highest BCUT2D eigenvalue weighted by molar-refractivity contribution is 6.10. The maximum atomic E-state index is 13.1. The number of nitrogens with one attached hydrogen (secondary N) is 2. The van der Waals surface area contributed by atoms with Gasteiger partial charge in [-0.1, -0.05) is 43.3 Å². The van der Waals surface area contributed by atoms with Gasteiger partial charge in [0.05, 0.1) is 12.6 Å². The van der Waals surface area contributed by atoms with Crippen LogP contribution in [0.25, 0.3) is 10.9 Å². The van der Waals surface area contributed by atoms with Crippen molar-refractivity contribution in [1.29, 1.82) is 0 Å². The molecule has 0 fully saturated rings. The summed E-state index contributed by atoms with van der Waals surface area (Å²) in [7, 11) is 0. The fraction of sp³-hybridized carbons (Fsp3) is 0.304. The SMILES string of the molecule is CCCN(CC(=O)Nc1ccccc1C)C(C)C(=O)c1c[nH]c2ccccc12. The van der Waals surface area contributed by atoms with Gasteiger partial charge >= 0.3 is 0 Å². The molecule has 0 saturated heterocycles. The van der Waals surface area contributed by atoms with Crippen LogP contribution in [0.2, 0.25) is 0 Å². The van der Waals surface area contributed by atoms with E-state index in [-0.39, 0.29) is 24.3 Å². The molecule has 0 aliphatic heterocycles. The Morgan fingerprint density at radius 3 is 2.57 bits per heavy atom. The predicted octanol–water partition coefficient (Wildman–Crippen LogP) is 4.40. The molecule has 1 aromatic heterocycles. The van der Waals surface area contributed by atoms with Crippen molar-refractivity contribution in [3.63, 3.8) is 0 Å². The summed E-state index contributed by atoms with van der Waals surface area (Å²) in [4.78, 5) is 30.8. The van der Waals surface area contributed by atoms with Crippen molar-refractivity contribution >= 4 is 28.3 Å². The summed E-state index contributed by atoms with van der Waals surface area (Å²) in [6, 6.07) is 15.1. The molecule has 28 heavy (non-hydrogen) atoms. The number of nitrogens with zero attached hydrogens (tertiary/aromatic N) is 1. The van der Waals surface area contributed by atoms with E-state index in [0.717, 1.165) is 28.6 Å². The third kappa shape index (κ3) is 4.31. The van der Waals surface area contributed by atoms with Crippen molar-refractivity contribution in [2.24, 2.45) is 0 Å². The molecule has 3 aromatic rings. The lowest BCUT2D eigenvalue weighted by Gasteiger charge is -2.27. The van der Waals surface area contributed by atoms with E-state index < -0.39 is 0 Å². The third-order valence-corrected chi connectivity index (χ3v) is 5.06.